The van der Waals surface area contributed by atoms with Crippen molar-refractivity contribution in [3.05, 3.63) is 55.8 Å². The van der Waals surface area contributed by atoms with E-state index in [2.05, 4.69) is 5.32 Å². The second-order valence-electron chi connectivity index (χ2n) is 4.00. The number of thiophene rings is 1. The van der Waals surface area contributed by atoms with Crippen molar-refractivity contribution in [2.24, 2.45) is 0 Å². The van der Waals surface area contributed by atoms with Gasteiger partial charge in [-0.3, -0.25) is 10.1 Å². The van der Waals surface area contributed by atoms with E-state index in [-0.39, 0.29) is 17.8 Å². The van der Waals surface area contributed by atoms with Gasteiger partial charge in [0.05, 0.1) is 16.2 Å². The molecule has 0 bridgehead atoms. The zero-order valence-corrected chi connectivity index (χ0v) is 11.1. The quantitative estimate of drug-likeness (QED) is 0.653. The van der Waals surface area contributed by atoms with Gasteiger partial charge in [-0.2, -0.15) is 4.39 Å². The molecule has 6 nitrogen and oxygen atoms in total. The number of nitrogens with one attached hydrogen (secondary N) is 1. The van der Waals surface area contributed by atoms with E-state index in [0.29, 0.717) is 10.9 Å². The van der Waals surface area contributed by atoms with Crippen molar-refractivity contribution in [1.82, 2.24) is 0 Å². The van der Waals surface area contributed by atoms with E-state index in [9.17, 15) is 23.7 Å². The molecule has 0 saturated heterocycles. The fourth-order valence-electron chi connectivity index (χ4n) is 1.58. The molecule has 0 aliphatic heterocycles. The fourth-order valence-corrected chi connectivity index (χ4v) is 2.38. The van der Waals surface area contributed by atoms with Gasteiger partial charge in [-0.1, -0.05) is 0 Å². The number of halogens is 2. The first-order valence-corrected chi connectivity index (χ1v) is 6.44. The van der Waals surface area contributed by atoms with E-state index in [4.69, 9.17) is 5.11 Å². The van der Waals surface area contributed by atoms with Crippen LogP contribution >= 0.6 is 11.3 Å². The molecule has 0 radical (unpaired) electrons. The van der Waals surface area contributed by atoms with Crippen LogP contribution in [0, 0.1) is 21.7 Å². The van der Waals surface area contributed by atoms with Gasteiger partial charge in [0, 0.05) is 28.9 Å². The normalized spacial score (nSPS) is 10.4. The number of carboxylic acids is 1. The number of benzene rings is 1. The Labute approximate surface area is 120 Å². The highest BCUT2D eigenvalue weighted by atomic mass is 32.1. The Morgan fingerprint density at radius 3 is 2.62 bits per heavy atom. The molecule has 0 aliphatic carbocycles. The van der Waals surface area contributed by atoms with Crippen molar-refractivity contribution in [2.45, 2.75) is 6.54 Å². The molecule has 0 aliphatic rings. The van der Waals surface area contributed by atoms with Crippen LogP contribution in [-0.2, 0) is 6.54 Å². The summed E-state index contributed by atoms with van der Waals surface area (Å²) in [5.41, 5.74) is -0.966. The Morgan fingerprint density at radius 2 is 2.05 bits per heavy atom. The third-order valence-electron chi connectivity index (χ3n) is 2.59. The van der Waals surface area contributed by atoms with Crippen molar-refractivity contribution in [1.29, 1.82) is 0 Å². The summed E-state index contributed by atoms with van der Waals surface area (Å²) < 4.78 is 26.7. The molecule has 2 rings (SSSR count). The number of rotatable bonds is 5. The summed E-state index contributed by atoms with van der Waals surface area (Å²) in [6.45, 7) is 0.0671. The molecule has 1 aromatic heterocycles. The monoisotopic (exact) mass is 314 g/mol. The van der Waals surface area contributed by atoms with Crippen LogP contribution in [0.5, 0.6) is 0 Å². The first kappa shape index (κ1) is 14.9. The highest BCUT2D eigenvalue weighted by molar-refractivity contribution is 7.10. The van der Waals surface area contributed by atoms with Gasteiger partial charge in [0.15, 0.2) is 0 Å². The Balaban J connectivity index is 2.17. The molecule has 0 atom stereocenters. The summed E-state index contributed by atoms with van der Waals surface area (Å²) in [5.74, 6) is -3.30. The van der Waals surface area contributed by atoms with Crippen LogP contribution < -0.4 is 5.32 Å². The van der Waals surface area contributed by atoms with Crippen LogP contribution in [0.15, 0.2) is 23.6 Å². The summed E-state index contributed by atoms with van der Waals surface area (Å²) in [6.07, 6.45) is 0. The molecule has 110 valence electrons. The number of nitro groups is 1. The van der Waals surface area contributed by atoms with E-state index < -0.39 is 28.2 Å². The van der Waals surface area contributed by atoms with Crippen molar-refractivity contribution in [3.8, 4) is 0 Å². The zero-order chi connectivity index (χ0) is 15.6. The van der Waals surface area contributed by atoms with Gasteiger partial charge in [0.1, 0.15) is 5.82 Å². The number of carbonyl (C=O) groups is 1. The summed E-state index contributed by atoms with van der Waals surface area (Å²) in [4.78, 5) is 20.9. The molecule has 1 heterocycles. The maximum atomic E-state index is 13.5. The third-order valence-corrected chi connectivity index (χ3v) is 3.52. The second-order valence-corrected chi connectivity index (χ2v) is 5.00. The molecule has 0 fully saturated rings. The van der Waals surface area contributed by atoms with E-state index in [1.807, 2.05) is 0 Å². The van der Waals surface area contributed by atoms with Gasteiger partial charge in [0.2, 0.25) is 5.82 Å². The highest BCUT2D eigenvalue weighted by Crippen LogP contribution is 2.26. The molecular formula is C12H8F2N2O4S. The summed E-state index contributed by atoms with van der Waals surface area (Å²) >= 11 is 1.14. The molecular weight excluding hydrogens is 306 g/mol. The molecule has 0 spiro atoms. The predicted molar refractivity (Wildman–Crippen MR) is 71.6 cm³/mol. The van der Waals surface area contributed by atoms with E-state index in [0.717, 1.165) is 17.4 Å². The molecule has 2 N–H and O–H groups in total. The molecule has 1 aromatic carbocycles. The number of nitro benzene ring substituents is 1. The fraction of sp³-hybridized carbons (Fsp3) is 0.0833. The number of nitrogens with zero attached hydrogens (tertiary/aromatic N) is 1. The molecule has 21 heavy (non-hydrogen) atoms. The van der Waals surface area contributed by atoms with Gasteiger partial charge in [-0.25, -0.2) is 9.18 Å². The lowest BCUT2D eigenvalue weighted by atomic mass is 10.2. The van der Waals surface area contributed by atoms with Gasteiger partial charge in [0.25, 0.3) is 0 Å². The first-order chi connectivity index (χ1) is 9.88. The minimum Gasteiger partial charge on any atom is -0.478 e. The van der Waals surface area contributed by atoms with Gasteiger partial charge >= 0.3 is 11.7 Å². The minimum atomic E-state index is -1.26. The molecule has 0 unspecified atom stereocenters. The number of carboxylic acid groups (broad SMARTS) is 1. The summed E-state index contributed by atoms with van der Waals surface area (Å²) in [5, 5.41) is 23.3. The standard InChI is InChI=1S/C12H8F2N2O4S/c13-8-2-9(14)11(16(19)20)3-10(8)15-4-7-1-6(5-21-7)12(17)18/h1-3,5,15H,4H2,(H,17,18). The van der Waals surface area contributed by atoms with Crippen LogP contribution in [0.3, 0.4) is 0 Å². The Morgan fingerprint density at radius 1 is 1.33 bits per heavy atom. The van der Waals surface area contributed by atoms with Crippen molar-refractivity contribution >= 4 is 28.7 Å². The summed E-state index contributed by atoms with van der Waals surface area (Å²) in [6, 6.07) is 2.59. The maximum Gasteiger partial charge on any atom is 0.336 e. The summed E-state index contributed by atoms with van der Waals surface area (Å²) in [7, 11) is 0. The average molecular weight is 314 g/mol. The topological polar surface area (TPSA) is 92.5 Å². The van der Waals surface area contributed by atoms with Crippen LogP contribution in [0.4, 0.5) is 20.2 Å². The lowest BCUT2D eigenvalue weighted by Gasteiger charge is -2.06. The first-order valence-electron chi connectivity index (χ1n) is 5.56. The van der Waals surface area contributed by atoms with Crippen LogP contribution in [0.2, 0.25) is 0 Å². The lowest BCUT2D eigenvalue weighted by molar-refractivity contribution is -0.387. The van der Waals surface area contributed by atoms with Crippen molar-refractivity contribution in [2.75, 3.05) is 5.32 Å². The zero-order valence-electron chi connectivity index (χ0n) is 10.3. The molecule has 9 heteroatoms. The second kappa shape index (κ2) is 5.83. The number of aromatic carboxylic acids is 1. The van der Waals surface area contributed by atoms with Gasteiger partial charge in [-0.05, 0) is 6.07 Å². The molecule has 2 aromatic rings. The van der Waals surface area contributed by atoms with Crippen LogP contribution in [-0.4, -0.2) is 16.0 Å². The smallest absolute Gasteiger partial charge is 0.336 e. The highest BCUT2D eigenvalue weighted by Gasteiger charge is 2.18. The molecule has 0 saturated carbocycles. The number of hydrogen-bond donors (Lipinski definition) is 2. The van der Waals surface area contributed by atoms with Gasteiger partial charge in [-0.15, -0.1) is 11.3 Å². The Hall–Kier alpha value is -2.55. The Bertz CT molecular complexity index is 717. The van der Waals surface area contributed by atoms with E-state index in [1.54, 1.807) is 0 Å². The number of anilines is 1. The predicted octanol–water partition coefficient (Wildman–Crippen LogP) is 3.24. The number of hydrogen-bond acceptors (Lipinski definition) is 5. The maximum absolute atomic E-state index is 13.5. The largest absolute Gasteiger partial charge is 0.478 e. The van der Waals surface area contributed by atoms with Crippen molar-refractivity contribution in [3.63, 3.8) is 0 Å². The molecule has 0 amide bonds. The third kappa shape index (κ3) is 3.31. The SMILES string of the molecule is O=C(O)c1csc(CNc2cc([N+](=O)[O-])c(F)cc2F)c1. The van der Waals surface area contributed by atoms with E-state index in [1.165, 1.54) is 11.4 Å². The minimum absolute atomic E-state index is 0.0671. The Kier molecular flexibility index (Phi) is 4.13. The van der Waals surface area contributed by atoms with Crippen LogP contribution in [0.1, 0.15) is 15.2 Å². The van der Waals surface area contributed by atoms with Crippen LogP contribution in [0.25, 0.3) is 0 Å². The van der Waals surface area contributed by atoms with E-state index >= 15 is 0 Å². The lowest BCUT2D eigenvalue weighted by Crippen LogP contribution is -2.03. The average Bonchev–Trinajstić information content (AvgIpc) is 2.86. The van der Waals surface area contributed by atoms with Gasteiger partial charge < -0.3 is 10.4 Å². The van der Waals surface area contributed by atoms with Crippen molar-refractivity contribution < 1.29 is 23.6 Å².